The molecule has 14 heteroatoms. The third kappa shape index (κ3) is 7.28. The Morgan fingerprint density at radius 1 is 1.09 bits per heavy atom. The van der Waals surface area contributed by atoms with Crippen LogP contribution in [0.2, 0.25) is 0 Å². The second kappa shape index (κ2) is 13.6. The maximum absolute atomic E-state index is 13.8. The molecule has 0 atom stereocenters. The van der Waals surface area contributed by atoms with E-state index in [0.29, 0.717) is 41.2 Å². The second-order valence-electron chi connectivity index (χ2n) is 11.0. The molecule has 0 saturated heterocycles. The van der Waals surface area contributed by atoms with E-state index in [2.05, 4.69) is 5.10 Å². The molecule has 1 amide bonds. The van der Waals surface area contributed by atoms with Gasteiger partial charge in [0.15, 0.2) is 10.5 Å². The standard InChI is InChI=1S/C30H35ClN6O6S/c1-5-6-17-34(29(38)43-30(2,3)4)27-15-19-35-28(33-27)24(21-32-35)22-11-9-12-23(20-22)36(18-10-16-31)44(41,42)26-14-8-7-13-25(26)37(39)40/h7-9,11-15,19-21H,5-6,10,16-18H2,1-4H3. The maximum Gasteiger partial charge on any atom is 0.416 e. The number of sulfonamides is 1. The van der Waals surface area contributed by atoms with Gasteiger partial charge in [-0.2, -0.15) is 5.10 Å². The minimum absolute atomic E-state index is 0.000764. The molecule has 0 fully saturated rings. The number of nitro benzene ring substituents is 1. The Kier molecular flexibility index (Phi) is 10.1. The van der Waals surface area contributed by atoms with E-state index in [9.17, 15) is 23.3 Å². The van der Waals surface area contributed by atoms with Crippen molar-refractivity contribution in [3.63, 3.8) is 0 Å². The number of amides is 1. The lowest BCUT2D eigenvalue weighted by Crippen LogP contribution is -2.38. The Balaban J connectivity index is 1.79. The quantitative estimate of drug-likeness (QED) is 0.0948. The maximum atomic E-state index is 13.8. The topological polar surface area (TPSA) is 140 Å². The van der Waals surface area contributed by atoms with Crippen LogP contribution in [0.25, 0.3) is 16.8 Å². The normalized spacial score (nSPS) is 11.8. The third-order valence-electron chi connectivity index (χ3n) is 6.55. The van der Waals surface area contributed by atoms with Crippen molar-refractivity contribution in [3.05, 3.63) is 77.1 Å². The Morgan fingerprint density at radius 3 is 2.52 bits per heavy atom. The molecule has 0 N–H and O–H groups in total. The highest BCUT2D eigenvalue weighted by Gasteiger charge is 2.32. The number of para-hydroxylation sites is 1. The van der Waals surface area contributed by atoms with Gasteiger partial charge in [-0.15, -0.1) is 11.6 Å². The molecule has 0 aliphatic rings. The van der Waals surface area contributed by atoms with Gasteiger partial charge in [0, 0.05) is 36.8 Å². The monoisotopic (exact) mass is 642 g/mol. The smallest absolute Gasteiger partial charge is 0.416 e. The zero-order valence-corrected chi connectivity index (χ0v) is 26.6. The summed E-state index contributed by atoms with van der Waals surface area (Å²) in [4.78, 5) is 29.9. The molecular weight excluding hydrogens is 608 g/mol. The summed E-state index contributed by atoms with van der Waals surface area (Å²) in [6, 6.07) is 13.7. The number of alkyl halides is 1. The number of rotatable bonds is 12. The van der Waals surface area contributed by atoms with Crippen molar-refractivity contribution in [3.8, 4) is 11.1 Å². The SMILES string of the molecule is CCCCN(C(=O)OC(C)(C)C)c1ccn2ncc(-c3cccc(N(CCCCl)S(=O)(=O)c4ccccc4[N+](=O)[O-])c3)c2n1. The van der Waals surface area contributed by atoms with Crippen molar-refractivity contribution in [2.24, 2.45) is 0 Å². The van der Waals surface area contributed by atoms with Gasteiger partial charge in [0.2, 0.25) is 0 Å². The van der Waals surface area contributed by atoms with Crippen LogP contribution in [0.1, 0.15) is 47.0 Å². The van der Waals surface area contributed by atoms with Crippen LogP contribution >= 0.6 is 11.6 Å². The number of ether oxygens (including phenoxy) is 1. The Bertz CT molecular complexity index is 1750. The van der Waals surface area contributed by atoms with Gasteiger partial charge in [0.25, 0.3) is 15.7 Å². The molecule has 44 heavy (non-hydrogen) atoms. The van der Waals surface area contributed by atoms with E-state index in [4.69, 9.17) is 21.3 Å². The molecule has 0 aliphatic heterocycles. The van der Waals surface area contributed by atoms with Crippen LogP contribution in [-0.4, -0.2) is 58.6 Å². The molecule has 2 aromatic carbocycles. The summed E-state index contributed by atoms with van der Waals surface area (Å²) < 4.78 is 36.0. The number of nitrogens with zero attached hydrogens (tertiary/aromatic N) is 6. The fourth-order valence-corrected chi connectivity index (χ4v) is 6.29. The predicted molar refractivity (Wildman–Crippen MR) is 170 cm³/mol. The number of nitro groups is 1. The zero-order chi connectivity index (χ0) is 32.1. The van der Waals surface area contributed by atoms with Crippen molar-refractivity contribution in [1.82, 2.24) is 14.6 Å². The van der Waals surface area contributed by atoms with Crippen LogP contribution in [-0.2, 0) is 14.8 Å². The van der Waals surface area contributed by atoms with Gasteiger partial charge in [0.1, 0.15) is 11.4 Å². The Labute approximate surface area is 261 Å². The summed E-state index contributed by atoms with van der Waals surface area (Å²) >= 11 is 5.93. The largest absolute Gasteiger partial charge is 0.443 e. The van der Waals surface area contributed by atoms with E-state index >= 15 is 0 Å². The molecule has 2 heterocycles. The van der Waals surface area contributed by atoms with E-state index in [-0.39, 0.29) is 12.4 Å². The van der Waals surface area contributed by atoms with Gasteiger partial charge < -0.3 is 4.74 Å². The minimum Gasteiger partial charge on any atom is -0.443 e. The number of aromatic nitrogens is 3. The van der Waals surface area contributed by atoms with Crippen molar-refractivity contribution in [2.75, 3.05) is 28.2 Å². The van der Waals surface area contributed by atoms with Crippen molar-refractivity contribution < 1.29 is 22.9 Å². The first-order chi connectivity index (χ1) is 20.9. The average Bonchev–Trinajstić information content (AvgIpc) is 3.40. The number of anilines is 2. The first-order valence-corrected chi connectivity index (χ1v) is 16.1. The first kappa shape index (κ1) is 32.7. The minimum atomic E-state index is -4.34. The molecule has 234 valence electrons. The van der Waals surface area contributed by atoms with E-state index in [0.717, 1.165) is 23.2 Å². The van der Waals surface area contributed by atoms with Gasteiger partial charge in [-0.3, -0.25) is 19.3 Å². The van der Waals surface area contributed by atoms with Gasteiger partial charge in [0.05, 0.1) is 16.8 Å². The van der Waals surface area contributed by atoms with Crippen LogP contribution < -0.4 is 9.21 Å². The Morgan fingerprint density at radius 2 is 1.84 bits per heavy atom. The number of carbonyl (C=O) groups excluding carboxylic acids is 1. The number of hydrogen-bond donors (Lipinski definition) is 0. The van der Waals surface area contributed by atoms with Crippen molar-refractivity contribution in [1.29, 1.82) is 0 Å². The number of fused-ring (bicyclic) bond motifs is 1. The van der Waals surface area contributed by atoms with Crippen LogP contribution in [0.5, 0.6) is 0 Å². The molecule has 0 spiro atoms. The van der Waals surface area contributed by atoms with Gasteiger partial charge in [-0.25, -0.2) is 22.7 Å². The Hall–Kier alpha value is -4.23. The van der Waals surface area contributed by atoms with E-state index in [1.165, 1.54) is 23.1 Å². The molecule has 4 aromatic rings. The molecule has 0 bridgehead atoms. The van der Waals surface area contributed by atoms with Crippen LogP contribution in [0, 0.1) is 10.1 Å². The highest BCUT2D eigenvalue weighted by molar-refractivity contribution is 7.93. The van der Waals surface area contributed by atoms with Crippen LogP contribution in [0.3, 0.4) is 0 Å². The van der Waals surface area contributed by atoms with Gasteiger partial charge in [-0.05, 0) is 63.4 Å². The summed E-state index contributed by atoms with van der Waals surface area (Å²) in [5.74, 6) is 0.580. The van der Waals surface area contributed by atoms with Gasteiger partial charge >= 0.3 is 6.09 Å². The fourth-order valence-electron chi connectivity index (χ4n) is 4.51. The highest BCUT2D eigenvalue weighted by Crippen LogP contribution is 2.33. The summed E-state index contributed by atoms with van der Waals surface area (Å²) in [5, 5.41) is 16.1. The highest BCUT2D eigenvalue weighted by atomic mass is 35.5. The van der Waals surface area contributed by atoms with E-state index in [1.807, 2.05) is 6.92 Å². The summed E-state index contributed by atoms with van der Waals surface area (Å²) in [6.07, 6.45) is 4.70. The number of hydrogen-bond acceptors (Lipinski definition) is 8. The number of benzene rings is 2. The molecular formula is C30H35ClN6O6S. The lowest BCUT2D eigenvalue weighted by atomic mass is 10.1. The van der Waals surface area contributed by atoms with Gasteiger partial charge in [-0.1, -0.05) is 37.6 Å². The molecule has 0 radical (unpaired) electrons. The molecule has 0 aliphatic carbocycles. The number of carbonyl (C=O) groups is 1. The van der Waals surface area contributed by atoms with E-state index < -0.39 is 37.2 Å². The van der Waals surface area contributed by atoms with E-state index in [1.54, 1.807) is 68.0 Å². The molecule has 0 unspecified atom stereocenters. The number of unbranched alkanes of at least 4 members (excludes halogenated alkanes) is 1. The van der Waals surface area contributed by atoms with Crippen molar-refractivity contribution >= 4 is 50.6 Å². The predicted octanol–water partition coefficient (Wildman–Crippen LogP) is 6.67. The second-order valence-corrected chi connectivity index (χ2v) is 13.2. The van der Waals surface area contributed by atoms with Crippen molar-refractivity contribution in [2.45, 2.75) is 57.5 Å². The lowest BCUT2D eigenvalue weighted by molar-refractivity contribution is -0.387. The molecule has 12 nitrogen and oxygen atoms in total. The average molecular weight is 643 g/mol. The third-order valence-corrected chi connectivity index (χ3v) is 8.69. The molecule has 0 saturated carbocycles. The van der Waals surface area contributed by atoms with Crippen LogP contribution in [0.15, 0.2) is 71.9 Å². The summed E-state index contributed by atoms with van der Waals surface area (Å²) in [5.41, 5.74) is 0.723. The van der Waals surface area contributed by atoms with Crippen LogP contribution in [0.4, 0.5) is 22.0 Å². The summed E-state index contributed by atoms with van der Waals surface area (Å²) in [6.45, 7) is 7.84. The summed E-state index contributed by atoms with van der Waals surface area (Å²) in [7, 11) is -4.34. The molecule has 2 aromatic heterocycles. The lowest BCUT2D eigenvalue weighted by Gasteiger charge is -2.26. The fraction of sp³-hybridized carbons (Fsp3) is 0.367. The molecule has 4 rings (SSSR count). The number of halogens is 1. The zero-order valence-electron chi connectivity index (χ0n) is 25.0. The first-order valence-electron chi connectivity index (χ1n) is 14.1.